The van der Waals surface area contributed by atoms with E-state index in [0.717, 1.165) is 23.0 Å². The molecule has 0 aliphatic rings. The molecule has 1 N–H and O–H groups in total. The van der Waals surface area contributed by atoms with Gasteiger partial charge in [0, 0.05) is 6.08 Å². The largest absolute Gasteiger partial charge is 0.497 e. The lowest BCUT2D eigenvalue weighted by Gasteiger charge is -2.02. The van der Waals surface area contributed by atoms with Crippen LogP contribution < -0.4 is 4.74 Å². The summed E-state index contributed by atoms with van der Waals surface area (Å²) in [6, 6.07) is 5.56. The Morgan fingerprint density at radius 2 is 2.14 bits per heavy atom. The van der Waals surface area contributed by atoms with Crippen LogP contribution in [0, 0.1) is 6.92 Å². The van der Waals surface area contributed by atoms with Crippen molar-refractivity contribution in [1.82, 2.24) is 0 Å². The smallest absolute Gasteiger partial charge is 0.328 e. The Balaban J connectivity index is 2.97. The van der Waals surface area contributed by atoms with E-state index in [2.05, 4.69) is 0 Å². The first-order valence-electron chi connectivity index (χ1n) is 4.18. The van der Waals surface area contributed by atoms with Gasteiger partial charge in [0.15, 0.2) is 0 Å². The summed E-state index contributed by atoms with van der Waals surface area (Å²) in [5.74, 6) is -0.222. The molecular formula is C11H12O3. The van der Waals surface area contributed by atoms with Gasteiger partial charge in [-0.25, -0.2) is 4.79 Å². The summed E-state index contributed by atoms with van der Waals surface area (Å²) in [4.78, 5) is 10.3. The maximum atomic E-state index is 10.3. The molecule has 0 saturated heterocycles. The molecule has 1 aromatic rings. The number of methoxy groups -OCH3 is 1. The highest BCUT2D eigenvalue weighted by atomic mass is 16.5. The topological polar surface area (TPSA) is 46.5 Å². The van der Waals surface area contributed by atoms with Crippen LogP contribution in [0.25, 0.3) is 6.08 Å². The molecule has 3 heteroatoms. The highest BCUT2D eigenvalue weighted by molar-refractivity contribution is 5.85. The summed E-state index contributed by atoms with van der Waals surface area (Å²) in [7, 11) is 1.58. The molecule has 0 saturated carbocycles. The van der Waals surface area contributed by atoms with Crippen LogP contribution in [0.5, 0.6) is 5.75 Å². The molecule has 0 fully saturated rings. The molecule has 14 heavy (non-hydrogen) atoms. The molecule has 0 aromatic heterocycles. The van der Waals surface area contributed by atoms with Gasteiger partial charge in [0.05, 0.1) is 7.11 Å². The number of hydrogen-bond acceptors (Lipinski definition) is 2. The number of carboxylic acids is 1. The second kappa shape index (κ2) is 4.46. The third-order valence-electron chi connectivity index (χ3n) is 1.73. The van der Waals surface area contributed by atoms with E-state index in [1.54, 1.807) is 13.2 Å². The number of carboxylic acid groups (broad SMARTS) is 1. The van der Waals surface area contributed by atoms with Crippen LogP contribution in [0.1, 0.15) is 11.1 Å². The maximum absolute atomic E-state index is 10.3. The Kier molecular flexibility index (Phi) is 3.29. The average molecular weight is 192 g/mol. The van der Waals surface area contributed by atoms with Gasteiger partial charge in [-0.05, 0) is 36.3 Å². The van der Waals surface area contributed by atoms with Gasteiger partial charge in [-0.1, -0.05) is 6.07 Å². The van der Waals surface area contributed by atoms with Crippen molar-refractivity contribution in [3.63, 3.8) is 0 Å². The highest BCUT2D eigenvalue weighted by Gasteiger charge is 1.96. The molecule has 74 valence electrons. The van der Waals surface area contributed by atoms with Crippen molar-refractivity contribution in [3.8, 4) is 5.75 Å². The minimum atomic E-state index is -0.953. The lowest BCUT2D eigenvalue weighted by atomic mass is 10.1. The van der Waals surface area contributed by atoms with Gasteiger partial charge >= 0.3 is 5.97 Å². The molecule has 1 rings (SSSR count). The molecule has 0 atom stereocenters. The predicted molar refractivity (Wildman–Crippen MR) is 54.4 cm³/mol. The summed E-state index contributed by atoms with van der Waals surface area (Å²) in [6.45, 7) is 1.93. The number of ether oxygens (including phenoxy) is 1. The Morgan fingerprint density at radius 3 is 2.71 bits per heavy atom. The highest BCUT2D eigenvalue weighted by Crippen LogP contribution is 2.17. The Bertz CT molecular complexity index is 367. The van der Waals surface area contributed by atoms with Gasteiger partial charge in [-0.2, -0.15) is 0 Å². The predicted octanol–water partition coefficient (Wildman–Crippen LogP) is 2.10. The third kappa shape index (κ3) is 2.94. The van der Waals surface area contributed by atoms with E-state index < -0.39 is 5.97 Å². The van der Waals surface area contributed by atoms with Crippen LogP contribution in [0.4, 0.5) is 0 Å². The molecule has 0 amide bonds. The van der Waals surface area contributed by atoms with Crippen LogP contribution in [-0.2, 0) is 4.79 Å². The quantitative estimate of drug-likeness (QED) is 0.746. The van der Waals surface area contributed by atoms with Gasteiger partial charge < -0.3 is 9.84 Å². The summed E-state index contributed by atoms with van der Waals surface area (Å²) in [6.07, 6.45) is 2.64. The molecule has 0 unspecified atom stereocenters. The van der Waals surface area contributed by atoms with E-state index in [0.29, 0.717) is 0 Å². The third-order valence-corrected chi connectivity index (χ3v) is 1.73. The second-order valence-electron chi connectivity index (χ2n) is 2.96. The number of carbonyl (C=O) groups is 1. The Labute approximate surface area is 82.6 Å². The number of hydrogen-bond donors (Lipinski definition) is 1. The fraction of sp³-hybridized carbons (Fsp3) is 0.182. The van der Waals surface area contributed by atoms with Crippen molar-refractivity contribution in [1.29, 1.82) is 0 Å². The van der Waals surface area contributed by atoms with Crippen LogP contribution in [0.2, 0.25) is 0 Å². The number of aryl methyl sites for hydroxylation is 1. The molecule has 0 bridgehead atoms. The van der Waals surface area contributed by atoms with Crippen molar-refractivity contribution >= 4 is 12.0 Å². The van der Waals surface area contributed by atoms with Crippen molar-refractivity contribution in [2.75, 3.05) is 7.11 Å². The lowest BCUT2D eigenvalue weighted by molar-refractivity contribution is -0.131. The van der Waals surface area contributed by atoms with Crippen LogP contribution >= 0.6 is 0 Å². The summed E-state index contributed by atoms with van der Waals surface area (Å²) >= 11 is 0. The first-order valence-corrected chi connectivity index (χ1v) is 4.18. The minimum Gasteiger partial charge on any atom is -0.497 e. The van der Waals surface area contributed by atoms with Gasteiger partial charge in [-0.3, -0.25) is 0 Å². The summed E-state index contributed by atoms with van der Waals surface area (Å²) < 4.78 is 5.06. The Morgan fingerprint density at radius 1 is 1.43 bits per heavy atom. The molecular weight excluding hydrogens is 180 g/mol. The fourth-order valence-electron chi connectivity index (χ4n) is 1.16. The standard InChI is InChI=1S/C11H12O3/c1-8-5-9(3-4-11(12)13)7-10(6-8)14-2/h3-7H,1-2H3,(H,12,13)/b4-3+. The number of rotatable bonds is 3. The zero-order chi connectivity index (χ0) is 10.6. The number of aliphatic carboxylic acids is 1. The number of benzene rings is 1. The van der Waals surface area contributed by atoms with E-state index in [-0.39, 0.29) is 0 Å². The molecule has 0 aliphatic heterocycles. The second-order valence-corrected chi connectivity index (χ2v) is 2.96. The van der Waals surface area contributed by atoms with Crippen LogP contribution in [0.15, 0.2) is 24.3 Å². The first-order chi connectivity index (χ1) is 6.61. The first kappa shape index (κ1) is 10.3. The van der Waals surface area contributed by atoms with E-state index >= 15 is 0 Å². The van der Waals surface area contributed by atoms with E-state index in [1.807, 2.05) is 19.1 Å². The molecule has 0 spiro atoms. The normalized spacial score (nSPS) is 10.4. The van der Waals surface area contributed by atoms with Gasteiger partial charge in [0.1, 0.15) is 5.75 Å². The molecule has 1 aromatic carbocycles. The average Bonchev–Trinajstić information content (AvgIpc) is 2.14. The lowest BCUT2D eigenvalue weighted by Crippen LogP contribution is -1.88. The van der Waals surface area contributed by atoms with Crippen molar-refractivity contribution < 1.29 is 14.6 Å². The van der Waals surface area contributed by atoms with Crippen LogP contribution in [-0.4, -0.2) is 18.2 Å². The minimum absolute atomic E-state index is 0.732. The molecule has 3 nitrogen and oxygen atoms in total. The Hall–Kier alpha value is -1.77. The fourth-order valence-corrected chi connectivity index (χ4v) is 1.16. The van der Waals surface area contributed by atoms with Gasteiger partial charge in [0.25, 0.3) is 0 Å². The monoisotopic (exact) mass is 192 g/mol. The van der Waals surface area contributed by atoms with E-state index in [9.17, 15) is 4.79 Å². The van der Waals surface area contributed by atoms with Gasteiger partial charge in [0.2, 0.25) is 0 Å². The molecule has 0 heterocycles. The zero-order valence-electron chi connectivity index (χ0n) is 8.15. The SMILES string of the molecule is COc1cc(C)cc(/C=C/C(=O)O)c1. The van der Waals surface area contributed by atoms with E-state index in [1.165, 1.54) is 6.08 Å². The van der Waals surface area contributed by atoms with E-state index in [4.69, 9.17) is 9.84 Å². The van der Waals surface area contributed by atoms with Gasteiger partial charge in [-0.15, -0.1) is 0 Å². The van der Waals surface area contributed by atoms with Crippen molar-refractivity contribution in [2.45, 2.75) is 6.92 Å². The maximum Gasteiger partial charge on any atom is 0.328 e. The zero-order valence-corrected chi connectivity index (χ0v) is 8.15. The van der Waals surface area contributed by atoms with Crippen molar-refractivity contribution in [2.24, 2.45) is 0 Å². The molecule has 0 radical (unpaired) electrons. The summed E-state index contributed by atoms with van der Waals surface area (Å²) in [5.41, 5.74) is 1.86. The van der Waals surface area contributed by atoms with Crippen LogP contribution in [0.3, 0.4) is 0 Å². The molecule has 0 aliphatic carbocycles. The van der Waals surface area contributed by atoms with Crippen molar-refractivity contribution in [3.05, 3.63) is 35.4 Å². The summed E-state index contributed by atoms with van der Waals surface area (Å²) in [5, 5.41) is 8.45.